The molecule has 0 radical (unpaired) electrons. The summed E-state index contributed by atoms with van der Waals surface area (Å²) in [6, 6.07) is 38.0. The van der Waals surface area contributed by atoms with E-state index in [1.165, 1.54) is 27.6 Å². The van der Waals surface area contributed by atoms with Gasteiger partial charge in [-0.15, -0.1) is 0 Å². The van der Waals surface area contributed by atoms with E-state index < -0.39 is 0 Å². The maximum atomic E-state index is 2.47. The second-order valence-corrected chi connectivity index (χ2v) is 12.9. The van der Waals surface area contributed by atoms with E-state index in [0.717, 1.165) is 8.58 Å². The minimum atomic E-state index is -0.324. The fourth-order valence-corrected chi connectivity index (χ4v) is 10.0. The summed E-state index contributed by atoms with van der Waals surface area (Å²) >= 11 is -0.324. The third-order valence-electron chi connectivity index (χ3n) is 7.11. The van der Waals surface area contributed by atoms with Gasteiger partial charge in [0.1, 0.15) is 0 Å². The molecule has 0 saturated carbocycles. The monoisotopic (exact) mass is 490 g/mol. The van der Waals surface area contributed by atoms with E-state index in [4.69, 9.17) is 0 Å². The molecule has 3 unspecified atom stereocenters. The summed E-state index contributed by atoms with van der Waals surface area (Å²) in [4.78, 5) is 0. The Morgan fingerprint density at radius 1 is 0.618 bits per heavy atom. The van der Waals surface area contributed by atoms with E-state index in [1.807, 2.05) is 0 Å². The first kappa shape index (κ1) is 22.0. The van der Waals surface area contributed by atoms with Crippen molar-refractivity contribution in [2.24, 2.45) is 0 Å². The van der Waals surface area contributed by atoms with Crippen LogP contribution >= 0.6 is 8.58 Å². The summed E-state index contributed by atoms with van der Waals surface area (Å²) in [6.45, 7) is 4.77. The predicted octanol–water partition coefficient (Wildman–Crippen LogP) is 8.38. The van der Waals surface area contributed by atoms with Crippen molar-refractivity contribution >= 4 is 25.3 Å². The molecule has 0 spiro atoms. The van der Waals surface area contributed by atoms with Crippen LogP contribution in [0.15, 0.2) is 114 Å². The average Bonchev–Trinajstić information content (AvgIpc) is 3.34. The summed E-state index contributed by atoms with van der Waals surface area (Å²) in [5.41, 5.74) is 11.9. The fraction of sp³-hybridized carbons (Fsp3) is 0.125. The molecule has 0 nitrogen and oxygen atoms in total. The van der Waals surface area contributed by atoms with Crippen molar-refractivity contribution in [2.45, 2.75) is 22.3 Å². The summed E-state index contributed by atoms with van der Waals surface area (Å²) in [5.74, 6) is 0. The molecule has 3 atom stereocenters. The molecular formula is C32H27PTi. The summed E-state index contributed by atoms with van der Waals surface area (Å²) < 4.78 is 1.19. The van der Waals surface area contributed by atoms with Gasteiger partial charge in [-0.05, 0) is 0 Å². The Balaban J connectivity index is 1.37. The van der Waals surface area contributed by atoms with Gasteiger partial charge >= 0.3 is 214 Å². The van der Waals surface area contributed by atoms with Gasteiger partial charge in [0.15, 0.2) is 0 Å². The Hall–Kier alpha value is -2.50. The summed E-state index contributed by atoms with van der Waals surface area (Å²) in [6.07, 6.45) is 2.47. The van der Waals surface area contributed by atoms with E-state index in [0.29, 0.717) is 8.45 Å². The molecule has 2 aliphatic rings. The molecule has 4 aromatic carbocycles. The van der Waals surface area contributed by atoms with Crippen molar-refractivity contribution in [1.82, 2.24) is 0 Å². The van der Waals surface area contributed by atoms with Gasteiger partial charge in [-0.1, -0.05) is 0 Å². The Labute approximate surface area is 213 Å². The first-order chi connectivity index (χ1) is 16.7. The van der Waals surface area contributed by atoms with Gasteiger partial charge < -0.3 is 0 Å². The Morgan fingerprint density at radius 3 is 2.06 bits per heavy atom. The molecular weight excluding hydrogens is 463 g/mol. The molecule has 4 aromatic rings. The van der Waals surface area contributed by atoms with Gasteiger partial charge in [-0.2, -0.15) is 0 Å². The molecule has 0 N–H and O–H groups in total. The van der Waals surface area contributed by atoms with Crippen LogP contribution in [0.2, 0.25) is 0 Å². The molecule has 2 heteroatoms. The van der Waals surface area contributed by atoms with Crippen LogP contribution in [0.4, 0.5) is 0 Å². The quantitative estimate of drug-likeness (QED) is 0.195. The number of hydrogen-bond acceptors (Lipinski definition) is 0. The molecule has 0 fully saturated rings. The van der Waals surface area contributed by atoms with Crippen LogP contribution in [0, 0.1) is 0 Å². The molecule has 0 amide bonds. The van der Waals surface area contributed by atoms with Crippen LogP contribution in [0.3, 0.4) is 0 Å². The molecule has 164 valence electrons. The van der Waals surface area contributed by atoms with Gasteiger partial charge in [-0.3, -0.25) is 0 Å². The van der Waals surface area contributed by atoms with Crippen LogP contribution in [-0.2, 0) is 19.2 Å². The first-order valence-corrected chi connectivity index (χ1v) is 14.8. The van der Waals surface area contributed by atoms with Gasteiger partial charge in [0, 0.05) is 0 Å². The number of allylic oxidation sites excluding steroid dienone is 2. The molecule has 0 saturated heterocycles. The number of rotatable bonds is 5. The van der Waals surface area contributed by atoms with Crippen molar-refractivity contribution in [3.63, 3.8) is 0 Å². The van der Waals surface area contributed by atoms with Crippen molar-refractivity contribution < 1.29 is 19.2 Å². The molecule has 0 aliphatic heterocycles. The third kappa shape index (κ3) is 3.89. The van der Waals surface area contributed by atoms with Crippen molar-refractivity contribution in [3.05, 3.63) is 137 Å². The van der Waals surface area contributed by atoms with E-state index in [-0.39, 0.29) is 19.2 Å². The topological polar surface area (TPSA) is 0 Å². The van der Waals surface area contributed by atoms with Crippen LogP contribution in [0.1, 0.15) is 44.5 Å². The molecule has 6 rings (SSSR count). The summed E-state index contributed by atoms with van der Waals surface area (Å²) in [7, 11) is 0.726. The zero-order chi connectivity index (χ0) is 23.1. The zero-order valence-corrected chi connectivity index (χ0v) is 22.1. The minimum absolute atomic E-state index is 0.324. The van der Waals surface area contributed by atoms with Gasteiger partial charge in [0.25, 0.3) is 0 Å². The number of hydrogen-bond donors (Lipinski definition) is 0. The van der Waals surface area contributed by atoms with Gasteiger partial charge in [0.05, 0.1) is 0 Å². The van der Waals surface area contributed by atoms with Crippen molar-refractivity contribution in [1.29, 1.82) is 0 Å². The Bertz CT molecular complexity index is 1420. The average molecular weight is 490 g/mol. The number of fused-ring (bicyclic) bond motifs is 2. The van der Waals surface area contributed by atoms with E-state index in [2.05, 4.69) is 123 Å². The van der Waals surface area contributed by atoms with Gasteiger partial charge in [0.2, 0.25) is 0 Å². The van der Waals surface area contributed by atoms with E-state index in [1.54, 1.807) is 27.6 Å². The molecule has 0 heterocycles. The van der Waals surface area contributed by atoms with Crippen LogP contribution in [0.25, 0.3) is 22.5 Å². The second kappa shape index (κ2) is 9.28. The Morgan fingerprint density at radius 2 is 1.26 bits per heavy atom. The third-order valence-corrected chi connectivity index (χ3v) is 12.0. The standard InChI is InChI=1S/C16H14P.C16H13.Ti/c1-12-11-13-7-5-6-10-15(13)16(12)17-14-8-3-2-4-9-14;1-12-10-14-8-5-9-15(16(14)11-12)13-6-3-2-4-7-13;/h2-11,17H,1H3;2-11H,1H3;. The molecule has 0 bridgehead atoms. The van der Waals surface area contributed by atoms with Crippen molar-refractivity contribution in [2.75, 3.05) is 0 Å². The van der Waals surface area contributed by atoms with Crippen LogP contribution in [0.5, 0.6) is 0 Å². The summed E-state index contributed by atoms with van der Waals surface area (Å²) in [5, 5.41) is 3.01. The van der Waals surface area contributed by atoms with E-state index in [9.17, 15) is 0 Å². The van der Waals surface area contributed by atoms with Crippen LogP contribution in [-0.4, -0.2) is 0 Å². The maximum absolute atomic E-state index is 2.47. The Kier molecular flexibility index (Phi) is 6.00. The second-order valence-electron chi connectivity index (χ2n) is 9.23. The number of benzene rings is 4. The normalized spacial score (nSPS) is 18.8. The fourth-order valence-electron chi connectivity index (χ4n) is 5.42. The van der Waals surface area contributed by atoms with Crippen molar-refractivity contribution in [3.8, 4) is 11.1 Å². The molecule has 0 aromatic heterocycles. The van der Waals surface area contributed by atoms with E-state index >= 15 is 0 Å². The molecule has 2 aliphatic carbocycles. The predicted molar refractivity (Wildman–Crippen MR) is 144 cm³/mol. The first-order valence-electron chi connectivity index (χ1n) is 12.0. The SMILES string of the molecule is CC1=Cc2c(-c3ccccc3)cccc2[CH]1[Ti][CH]1C(C)=C(Pc2ccccc2)c2ccccc21. The molecule has 34 heavy (non-hydrogen) atoms. The van der Waals surface area contributed by atoms with Crippen LogP contribution < -0.4 is 5.30 Å². The zero-order valence-electron chi connectivity index (χ0n) is 19.5. The van der Waals surface area contributed by atoms with Gasteiger partial charge in [-0.25, -0.2) is 0 Å².